The molecule has 0 radical (unpaired) electrons. The van der Waals surface area contributed by atoms with Crippen LogP contribution in [0, 0.1) is 10.1 Å². The van der Waals surface area contributed by atoms with E-state index in [2.05, 4.69) is 10.1 Å². The summed E-state index contributed by atoms with van der Waals surface area (Å²) in [6.07, 6.45) is 0. The Morgan fingerprint density at radius 1 is 1.23 bits per heavy atom. The molecule has 0 atom stereocenters. The summed E-state index contributed by atoms with van der Waals surface area (Å²) in [4.78, 5) is 28.6. The molecule has 0 saturated carbocycles. The average molecular weight is 433 g/mol. The fourth-order valence-corrected chi connectivity index (χ4v) is 2.88. The first-order valence-electron chi connectivity index (χ1n) is 8.58. The number of ether oxygens (including phenoxy) is 2. The summed E-state index contributed by atoms with van der Waals surface area (Å²) in [6.45, 7) is 0.000722. The quantitative estimate of drug-likeness (QED) is 0.410. The van der Waals surface area contributed by atoms with Crippen molar-refractivity contribution in [3.8, 4) is 22.9 Å². The van der Waals surface area contributed by atoms with Crippen molar-refractivity contribution in [3.05, 3.63) is 63.0 Å². The summed E-state index contributed by atoms with van der Waals surface area (Å²) in [6, 6.07) is 9.00. The second-order valence-corrected chi connectivity index (χ2v) is 6.57. The standard InChI is InChI=1S/C19H17ClN4O6/c1-23(19(25)11-4-7-14(20)15(8-11)24(26)27)10-17-21-18(22-30-17)13-6-5-12(28-2)9-16(13)29-3/h4-9H,10H2,1-3H3. The van der Waals surface area contributed by atoms with E-state index >= 15 is 0 Å². The van der Waals surface area contributed by atoms with E-state index in [9.17, 15) is 14.9 Å². The molecule has 0 saturated heterocycles. The Hall–Kier alpha value is -3.66. The van der Waals surface area contributed by atoms with Crippen LogP contribution in [0.15, 0.2) is 40.9 Å². The summed E-state index contributed by atoms with van der Waals surface area (Å²) < 4.78 is 15.7. The Labute approximate surface area is 176 Å². The number of nitro benzene ring substituents is 1. The van der Waals surface area contributed by atoms with E-state index in [0.717, 1.165) is 6.07 Å². The van der Waals surface area contributed by atoms with Crippen LogP contribution in [0.4, 0.5) is 5.69 Å². The van der Waals surface area contributed by atoms with Crippen LogP contribution in [0.2, 0.25) is 5.02 Å². The Kier molecular flexibility index (Phi) is 6.17. The number of carbonyl (C=O) groups is 1. The number of nitrogens with zero attached hydrogens (tertiary/aromatic N) is 4. The Bertz CT molecular complexity index is 1100. The number of halogens is 1. The number of carbonyl (C=O) groups excluding carboxylic acids is 1. The maximum Gasteiger partial charge on any atom is 0.288 e. The van der Waals surface area contributed by atoms with Gasteiger partial charge in [-0.1, -0.05) is 16.8 Å². The third-order valence-corrected chi connectivity index (χ3v) is 4.55. The third-order valence-electron chi connectivity index (χ3n) is 4.23. The summed E-state index contributed by atoms with van der Waals surface area (Å²) >= 11 is 5.79. The topological polar surface area (TPSA) is 121 Å². The molecule has 1 amide bonds. The molecule has 3 rings (SSSR count). The SMILES string of the molecule is COc1ccc(-c2noc(CN(C)C(=O)c3ccc(Cl)c([N+](=O)[O-])c3)n2)c(OC)c1. The number of benzene rings is 2. The number of hydrogen-bond donors (Lipinski definition) is 0. The van der Waals surface area contributed by atoms with Crippen LogP contribution in [0.3, 0.4) is 0 Å². The van der Waals surface area contributed by atoms with Crippen LogP contribution in [-0.4, -0.2) is 47.1 Å². The normalized spacial score (nSPS) is 10.5. The van der Waals surface area contributed by atoms with Gasteiger partial charge in [0.25, 0.3) is 11.6 Å². The highest BCUT2D eigenvalue weighted by Crippen LogP contribution is 2.31. The zero-order chi connectivity index (χ0) is 21.8. The Morgan fingerprint density at radius 3 is 2.67 bits per heavy atom. The van der Waals surface area contributed by atoms with Gasteiger partial charge in [-0.05, 0) is 24.3 Å². The third kappa shape index (κ3) is 4.33. The van der Waals surface area contributed by atoms with Crippen molar-refractivity contribution < 1.29 is 23.7 Å². The van der Waals surface area contributed by atoms with Crippen LogP contribution in [0.5, 0.6) is 11.5 Å². The van der Waals surface area contributed by atoms with Gasteiger partial charge in [-0.25, -0.2) is 0 Å². The molecule has 30 heavy (non-hydrogen) atoms. The molecule has 0 fully saturated rings. The van der Waals surface area contributed by atoms with Gasteiger partial charge in [0.2, 0.25) is 11.7 Å². The average Bonchev–Trinajstić information content (AvgIpc) is 3.20. The lowest BCUT2D eigenvalue weighted by molar-refractivity contribution is -0.384. The number of methoxy groups -OCH3 is 2. The van der Waals surface area contributed by atoms with Gasteiger partial charge in [0.15, 0.2) is 0 Å². The first-order valence-corrected chi connectivity index (χ1v) is 8.96. The summed E-state index contributed by atoms with van der Waals surface area (Å²) in [5.74, 6) is 1.12. The highest BCUT2D eigenvalue weighted by molar-refractivity contribution is 6.32. The molecule has 11 heteroatoms. The van der Waals surface area contributed by atoms with Gasteiger partial charge in [-0.3, -0.25) is 14.9 Å². The molecule has 0 aliphatic heterocycles. The van der Waals surface area contributed by atoms with E-state index in [-0.39, 0.29) is 34.5 Å². The van der Waals surface area contributed by atoms with Crippen molar-refractivity contribution in [2.45, 2.75) is 6.54 Å². The minimum Gasteiger partial charge on any atom is -0.497 e. The Balaban J connectivity index is 1.78. The predicted octanol–water partition coefficient (Wildman–Crippen LogP) is 3.59. The van der Waals surface area contributed by atoms with Crippen molar-refractivity contribution >= 4 is 23.2 Å². The van der Waals surface area contributed by atoms with Gasteiger partial charge in [-0.2, -0.15) is 4.98 Å². The first kappa shape index (κ1) is 21.1. The molecule has 1 aromatic heterocycles. The molecule has 0 aliphatic rings. The molecular weight excluding hydrogens is 416 g/mol. The van der Waals surface area contributed by atoms with Gasteiger partial charge < -0.3 is 18.9 Å². The molecule has 10 nitrogen and oxygen atoms in total. The van der Waals surface area contributed by atoms with Gasteiger partial charge in [0.1, 0.15) is 16.5 Å². The molecule has 0 unspecified atom stereocenters. The predicted molar refractivity (Wildman–Crippen MR) is 107 cm³/mol. The first-order chi connectivity index (χ1) is 14.3. The molecular formula is C19H17ClN4O6. The number of aromatic nitrogens is 2. The second-order valence-electron chi connectivity index (χ2n) is 6.16. The minimum atomic E-state index is -0.647. The maximum atomic E-state index is 12.6. The molecule has 156 valence electrons. The van der Waals surface area contributed by atoms with Crippen LogP contribution in [-0.2, 0) is 6.54 Å². The number of hydrogen-bond acceptors (Lipinski definition) is 8. The zero-order valence-electron chi connectivity index (χ0n) is 16.3. The van der Waals surface area contributed by atoms with Crippen molar-refractivity contribution in [3.63, 3.8) is 0 Å². The molecule has 0 N–H and O–H groups in total. The van der Waals surface area contributed by atoms with Crippen LogP contribution >= 0.6 is 11.6 Å². The molecule has 1 heterocycles. The smallest absolute Gasteiger partial charge is 0.288 e. The maximum absolute atomic E-state index is 12.6. The van der Waals surface area contributed by atoms with E-state index in [1.165, 1.54) is 31.2 Å². The highest BCUT2D eigenvalue weighted by atomic mass is 35.5. The largest absolute Gasteiger partial charge is 0.497 e. The van der Waals surface area contributed by atoms with E-state index < -0.39 is 10.8 Å². The van der Waals surface area contributed by atoms with E-state index in [0.29, 0.717) is 17.1 Å². The van der Waals surface area contributed by atoms with Gasteiger partial charge >= 0.3 is 0 Å². The van der Waals surface area contributed by atoms with Crippen molar-refractivity contribution in [1.82, 2.24) is 15.0 Å². The molecule has 0 spiro atoms. The second kappa shape index (κ2) is 8.78. The lowest BCUT2D eigenvalue weighted by Crippen LogP contribution is -2.26. The molecule has 3 aromatic rings. The summed E-state index contributed by atoms with van der Waals surface area (Å²) in [7, 11) is 4.57. The van der Waals surface area contributed by atoms with Crippen LogP contribution < -0.4 is 9.47 Å². The molecule has 0 aliphatic carbocycles. The number of amides is 1. The Morgan fingerprint density at radius 2 is 2.00 bits per heavy atom. The summed E-state index contributed by atoms with van der Waals surface area (Å²) in [5, 5.41) is 14.9. The summed E-state index contributed by atoms with van der Waals surface area (Å²) in [5.41, 5.74) is 0.364. The van der Waals surface area contributed by atoms with E-state index in [4.69, 9.17) is 25.6 Å². The van der Waals surface area contributed by atoms with Crippen molar-refractivity contribution in [1.29, 1.82) is 0 Å². The van der Waals surface area contributed by atoms with Crippen LogP contribution in [0.25, 0.3) is 11.4 Å². The fraction of sp³-hybridized carbons (Fsp3) is 0.211. The van der Waals surface area contributed by atoms with Gasteiger partial charge in [-0.15, -0.1) is 0 Å². The van der Waals surface area contributed by atoms with E-state index in [1.807, 2.05) is 0 Å². The van der Waals surface area contributed by atoms with E-state index in [1.54, 1.807) is 25.3 Å². The molecule has 0 bridgehead atoms. The number of rotatable bonds is 7. The molecule has 2 aromatic carbocycles. The lowest BCUT2D eigenvalue weighted by Gasteiger charge is -2.14. The fourth-order valence-electron chi connectivity index (χ4n) is 2.69. The lowest BCUT2D eigenvalue weighted by atomic mass is 10.1. The van der Waals surface area contributed by atoms with Crippen molar-refractivity contribution in [2.24, 2.45) is 0 Å². The zero-order valence-corrected chi connectivity index (χ0v) is 17.0. The van der Waals surface area contributed by atoms with Crippen molar-refractivity contribution in [2.75, 3.05) is 21.3 Å². The monoisotopic (exact) mass is 432 g/mol. The van der Waals surface area contributed by atoms with Gasteiger partial charge in [0.05, 0.1) is 31.3 Å². The minimum absolute atomic E-state index is 0.000722. The van der Waals surface area contributed by atoms with Gasteiger partial charge in [0, 0.05) is 24.7 Å². The number of nitro groups is 1. The van der Waals surface area contributed by atoms with Crippen LogP contribution in [0.1, 0.15) is 16.2 Å². The highest BCUT2D eigenvalue weighted by Gasteiger charge is 2.21.